The zero-order valence-corrected chi connectivity index (χ0v) is 12.3. The van der Waals surface area contributed by atoms with Crippen molar-refractivity contribution in [2.45, 2.75) is 19.3 Å². The highest BCUT2D eigenvalue weighted by Gasteiger charge is 2.14. The summed E-state index contributed by atoms with van der Waals surface area (Å²) in [6, 6.07) is 9.81. The molecule has 0 saturated heterocycles. The summed E-state index contributed by atoms with van der Waals surface area (Å²) in [4.78, 5) is 13.5. The van der Waals surface area contributed by atoms with Crippen molar-refractivity contribution in [3.05, 3.63) is 48.0 Å². The van der Waals surface area contributed by atoms with Gasteiger partial charge in [0.15, 0.2) is 0 Å². The van der Waals surface area contributed by atoms with Gasteiger partial charge < -0.3 is 15.3 Å². The number of hydrogen-bond acceptors (Lipinski definition) is 2. The van der Waals surface area contributed by atoms with Gasteiger partial charge in [-0.15, -0.1) is 0 Å². The molecule has 1 unspecified atom stereocenters. The number of rotatable bonds is 7. The summed E-state index contributed by atoms with van der Waals surface area (Å²) in [7, 11) is 1.74. The zero-order chi connectivity index (χ0) is 15.0. The second kappa shape index (κ2) is 8.38. The van der Waals surface area contributed by atoms with E-state index in [4.69, 9.17) is 5.11 Å². The van der Waals surface area contributed by atoms with Crippen LogP contribution in [0.25, 0.3) is 0 Å². The Morgan fingerprint density at radius 1 is 1.40 bits per heavy atom. The van der Waals surface area contributed by atoms with Crippen LogP contribution in [0.3, 0.4) is 0 Å². The van der Waals surface area contributed by atoms with Crippen molar-refractivity contribution < 1.29 is 9.90 Å². The van der Waals surface area contributed by atoms with Crippen molar-refractivity contribution in [1.82, 2.24) is 10.2 Å². The normalized spacial score (nSPS) is 11.8. The molecular formula is C16H24N2O2. The van der Waals surface area contributed by atoms with Crippen LogP contribution >= 0.6 is 0 Å². The minimum absolute atomic E-state index is 0.108. The number of nitrogens with zero attached hydrogens (tertiary/aromatic N) is 1. The Morgan fingerprint density at radius 2 is 2.05 bits per heavy atom. The van der Waals surface area contributed by atoms with Crippen molar-refractivity contribution in [2.75, 3.05) is 26.7 Å². The van der Waals surface area contributed by atoms with Gasteiger partial charge in [0.2, 0.25) is 0 Å². The van der Waals surface area contributed by atoms with Gasteiger partial charge in [0.25, 0.3) is 0 Å². The lowest BCUT2D eigenvalue weighted by Gasteiger charge is -2.21. The molecule has 1 aromatic rings. The highest BCUT2D eigenvalue weighted by Crippen LogP contribution is 2.18. The molecule has 4 heteroatoms. The first kappa shape index (κ1) is 16.2. The van der Waals surface area contributed by atoms with Gasteiger partial charge in [-0.25, -0.2) is 4.79 Å². The maximum absolute atomic E-state index is 11.9. The van der Waals surface area contributed by atoms with Gasteiger partial charge in [0, 0.05) is 32.7 Å². The summed E-state index contributed by atoms with van der Waals surface area (Å²) in [6.07, 6.45) is 0.633. The molecule has 0 aliphatic heterocycles. The first-order valence-electron chi connectivity index (χ1n) is 6.83. The standard InChI is InChI=1S/C16H24N2O2/c1-13(2)12-18(3)16(20)17-11-15(9-10-19)14-7-5-4-6-8-14/h4-8,15,19H,1,9-12H2,2-3H3,(H,17,20). The second-order valence-electron chi connectivity index (χ2n) is 5.12. The Hall–Kier alpha value is -1.81. The SMILES string of the molecule is C=C(C)CN(C)C(=O)NCC(CCO)c1ccccc1. The molecule has 20 heavy (non-hydrogen) atoms. The Balaban J connectivity index is 2.55. The summed E-state index contributed by atoms with van der Waals surface area (Å²) >= 11 is 0. The van der Waals surface area contributed by atoms with Gasteiger partial charge in [-0.05, 0) is 18.9 Å². The number of hydrogen-bond donors (Lipinski definition) is 2. The van der Waals surface area contributed by atoms with E-state index in [2.05, 4.69) is 11.9 Å². The first-order chi connectivity index (χ1) is 9.54. The number of benzene rings is 1. The van der Waals surface area contributed by atoms with Gasteiger partial charge in [-0.2, -0.15) is 0 Å². The smallest absolute Gasteiger partial charge is 0.317 e. The van der Waals surface area contributed by atoms with E-state index in [0.29, 0.717) is 19.5 Å². The van der Waals surface area contributed by atoms with E-state index in [1.165, 1.54) is 0 Å². The fourth-order valence-electron chi connectivity index (χ4n) is 2.09. The number of urea groups is 1. The number of amides is 2. The average molecular weight is 276 g/mol. The molecule has 0 radical (unpaired) electrons. The third-order valence-electron chi connectivity index (χ3n) is 3.10. The molecule has 0 heterocycles. The molecule has 110 valence electrons. The lowest BCUT2D eigenvalue weighted by Crippen LogP contribution is -2.40. The van der Waals surface area contributed by atoms with E-state index in [1.54, 1.807) is 11.9 Å². The lowest BCUT2D eigenvalue weighted by molar-refractivity contribution is 0.210. The molecule has 0 fully saturated rings. The van der Waals surface area contributed by atoms with E-state index in [0.717, 1.165) is 11.1 Å². The maximum atomic E-state index is 11.9. The molecule has 0 bridgehead atoms. The predicted octanol–water partition coefficient (Wildman–Crippen LogP) is 2.37. The number of carbonyl (C=O) groups is 1. The fraction of sp³-hybridized carbons (Fsp3) is 0.438. The van der Waals surface area contributed by atoms with Gasteiger partial charge in [-0.3, -0.25) is 0 Å². The van der Waals surface area contributed by atoms with E-state index in [-0.39, 0.29) is 18.6 Å². The average Bonchev–Trinajstić information content (AvgIpc) is 2.43. The summed E-state index contributed by atoms with van der Waals surface area (Å²) in [6.45, 7) is 6.86. The van der Waals surface area contributed by atoms with Crippen LogP contribution in [-0.4, -0.2) is 42.8 Å². The van der Waals surface area contributed by atoms with E-state index < -0.39 is 0 Å². The predicted molar refractivity (Wildman–Crippen MR) is 81.7 cm³/mol. The largest absolute Gasteiger partial charge is 0.396 e. The van der Waals surface area contributed by atoms with E-state index in [9.17, 15) is 4.79 Å². The minimum atomic E-state index is -0.119. The van der Waals surface area contributed by atoms with Crippen molar-refractivity contribution in [3.63, 3.8) is 0 Å². The van der Waals surface area contributed by atoms with Gasteiger partial charge >= 0.3 is 6.03 Å². The maximum Gasteiger partial charge on any atom is 0.317 e. The molecule has 2 amide bonds. The minimum Gasteiger partial charge on any atom is -0.396 e. The first-order valence-corrected chi connectivity index (χ1v) is 6.83. The molecule has 0 aromatic heterocycles. The van der Waals surface area contributed by atoms with Gasteiger partial charge in [0.1, 0.15) is 0 Å². The van der Waals surface area contributed by atoms with Crippen LogP contribution in [0.2, 0.25) is 0 Å². The Labute approximate surface area is 121 Å². The molecule has 0 aliphatic carbocycles. The topological polar surface area (TPSA) is 52.6 Å². The van der Waals surface area contributed by atoms with Crippen LogP contribution in [0.5, 0.6) is 0 Å². The molecule has 0 saturated carbocycles. The van der Waals surface area contributed by atoms with Crippen LogP contribution in [-0.2, 0) is 0 Å². The van der Waals surface area contributed by atoms with E-state index in [1.807, 2.05) is 37.3 Å². The molecule has 2 N–H and O–H groups in total. The number of nitrogens with one attached hydrogen (secondary N) is 1. The number of aliphatic hydroxyl groups excluding tert-OH is 1. The second-order valence-corrected chi connectivity index (χ2v) is 5.12. The van der Waals surface area contributed by atoms with Crippen molar-refractivity contribution in [2.24, 2.45) is 0 Å². The molecule has 1 atom stereocenters. The Bertz CT molecular complexity index is 431. The zero-order valence-electron chi connectivity index (χ0n) is 12.3. The fourth-order valence-corrected chi connectivity index (χ4v) is 2.09. The highest BCUT2D eigenvalue weighted by atomic mass is 16.3. The third kappa shape index (κ3) is 5.45. The summed E-state index contributed by atoms with van der Waals surface area (Å²) < 4.78 is 0. The van der Waals surface area contributed by atoms with Gasteiger partial charge in [-0.1, -0.05) is 42.5 Å². The highest BCUT2D eigenvalue weighted by molar-refractivity contribution is 5.74. The summed E-state index contributed by atoms with van der Waals surface area (Å²) in [5, 5.41) is 12.1. The monoisotopic (exact) mass is 276 g/mol. The number of aliphatic hydroxyl groups is 1. The number of carbonyl (C=O) groups excluding carboxylic acids is 1. The lowest BCUT2D eigenvalue weighted by atomic mass is 9.96. The van der Waals surface area contributed by atoms with Crippen molar-refractivity contribution >= 4 is 6.03 Å². The molecule has 0 spiro atoms. The van der Waals surface area contributed by atoms with E-state index >= 15 is 0 Å². The summed E-state index contributed by atoms with van der Waals surface area (Å²) in [5.41, 5.74) is 2.07. The van der Waals surface area contributed by atoms with Gasteiger partial charge in [0.05, 0.1) is 0 Å². The van der Waals surface area contributed by atoms with Crippen LogP contribution < -0.4 is 5.32 Å². The van der Waals surface area contributed by atoms with Crippen molar-refractivity contribution in [1.29, 1.82) is 0 Å². The molecule has 1 aromatic carbocycles. The summed E-state index contributed by atoms with van der Waals surface area (Å²) in [5.74, 6) is 0.128. The molecule has 1 rings (SSSR count). The van der Waals surface area contributed by atoms with Crippen molar-refractivity contribution in [3.8, 4) is 0 Å². The van der Waals surface area contributed by atoms with Crippen LogP contribution in [0.1, 0.15) is 24.8 Å². The molecule has 0 aliphatic rings. The number of likely N-dealkylation sites (N-methyl/N-ethyl adjacent to an activating group) is 1. The Morgan fingerprint density at radius 3 is 2.60 bits per heavy atom. The van der Waals surface area contributed by atoms with Crippen LogP contribution in [0, 0.1) is 0 Å². The molecule has 4 nitrogen and oxygen atoms in total. The van der Waals surface area contributed by atoms with Crippen LogP contribution in [0.15, 0.2) is 42.5 Å². The third-order valence-corrected chi connectivity index (χ3v) is 3.10. The quantitative estimate of drug-likeness (QED) is 0.751. The molecular weight excluding hydrogens is 252 g/mol. The Kier molecular flexibility index (Phi) is 6.81. The van der Waals surface area contributed by atoms with Crippen LogP contribution in [0.4, 0.5) is 4.79 Å².